The number of aromatic nitrogens is 2. The number of aryl methyl sites for hydroxylation is 2. The van der Waals surface area contributed by atoms with Crippen molar-refractivity contribution in [2.24, 2.45) is 0 Å². The van der Waals surface area contributed by atoms with Crippen LogP contribution in [-0.4, -0.2) is 35.7 Å². The van der Waals surface area contributed by atoms with Crippen molar-refractivity contribution in [1.82, 2.24) is 9.55 Å². The van der Waals surface area contributed by atoms with Crippen molar-refractivity contribution in [3.05, 3.63) is 84.2 Å². The number of anilines is 1. The van der Waals surface area contributed by atoms with Crippen molar-refractivity contribution in [3.8, 4) is 11.5 Å². The lowest BCUT2D eigenvalue weighted by molar-refractivity contribution is -0.117. The Balaban J connectivity index is 1.29. The molecule has 0 spiro atoms. The third-order valence-electron chi connectivity index (χ3n) is 6.69. The van der Waals surface area contributed by atoms with Crippen LogP contribution in [0.1, 0.15) is 36.6 Å². The molecule has 1 atom stereocenters. The van der Waals surface area contributed by atoms with Gasteiger partial charge in [-0.1, -0.05) is 30.3 Å². The molecular formula is C29H31N3O3. The maximum Gasteiger partial charge on any atom is 0.227 e. The Morgan fingerprint density at radius 3 is 2.54 bits per heavy atom. The largest absolute Gasteiger partial charge is 0.497 e. The Bertz CT molecular complexity index is 1310. The van der Waals surface area contributed by atoms with E-state index in [0.29, 0.717) is 19.6 Å². The molecule has 4 aromatic rings. The first-order valence-electron chi connectivity index (χ1n) is 12.2. The summed E-state index contributed by atoms with van der Waals surface area (Å²) in [4.78, 5) is 19.8. The van der Waals surface area contributed by atoms with Crippen LogP contribution in [0, 0.1) is 6.92 Å². The molecule has 0 N–H and O–H groups in total. The van der Waals surface area contributed by atoms with Crippen LogP contribution in [0.5, 0.6) is 11.5 Å². The number of amides is 1. The van der Waals surface area contributed by atoms with Gasteiger partial charge < -0.3 is 18.9 Å². The molecule has 5 rings (SSSR count). The van der Waals surface area contributed by atoms with Crippen LogP contribution in [0.2, 0.25) is 0 Å². The summed E-state index contributed by atoms with van der Waals surface area (Å²) < 4.78 is 13.5. The average molecular weight is 470 g/mol. The van der Waals surface area contributed by atoms with Crippen LogP contribution < -0.4 is 14.4 Å². The Labute approximate surface area is 206 Å². The molecule has 6 heteroatoms. The van der Waals surface area contributed by atoms with E-state index in [1.807, 2.05) is 53.4 Å². The molecule has 1 fully saturated rings. The van der Waals surface area contributed by atoms with Crippen molar-refractivity contribution < 1.29 is 14.3 Å². The van der Waals surface area contributed by atoms with Crippen LogP contribution in [-0.2, 0) is 11.3 Å². The van der Waals surface area contributed by atoms with Gasteiger partial charge in [-0.05, 0) is 67.8 Å². The van der Waals surface area contributed by atoms with Crippen molar-refractivity contribution in [3.63, 3.8) is 0 Å². The highest BCUT2D eigenvalue weighted by Crippen LogP contribution is 2.34. The van der Waals surface area contributed by atoms with Crippen LogP contribution in [0.3, 0.4) is 0 Å². The van der Waals surface area contributed by atoms with Gasteiger partial charge in [-0.15, -0.1) is 0 Å². The van der Waals surface area contributed by atoms with E-state index in [2.05, 4.69) is 35.8 Å². The summed E-state index contributed by atoms with van der Waals surface area (Å²) in [6, 6.07) is 24.0. The number of unbranched alkanes of at least 4 members (excludes halogenated alkanes) is 1. The van der Waals surface area contributed by atoms with Crippen molar-refractivity contribution >= 4 is 22.6 Å². The number of hydrogen-bond acceptors (Lipinski definition) is 4. The Kier molecular flexibility index (Phi) is 6.70. The first-order chi connectivity index (χ1) is 17.1. The lowest BCUT2D eigenvalue weighted by Gasteiger charge is -2.18. The van der Waals surface area contributed by atoms with Crippen LogP contribution in [0.15, 0.2) is 72.8 Å². The number of ether oxygens (including phenoxy) is 2. The van der Waals surface area contributed by atoms with E-state index < -0.39 is 0 Å². The van der Waals surface area contributed by atoms with Gasteiger partial charge in [-0.3, -0.25) is 4.79 Å². The number of benzene rings is 3. The highest BCUT2D eigenvalue weighted by Gasteiger charge is 2.34. The molecule has 0 bridgehead atoms. The lowest BCUT2D eigenvalue weighted by Crippen LogP contribution is -2.24. The Morgan fingerprint density at radius 2 is 1.74 bits per heavy atom. The molecule has 0 saturated carbocycles. The van der Waals surface area contributed by atoms with Gasteiger partial charge in [0.25, 0.3) is 0 Å². The molecule has 3 aromatic carbocycles. The van der Waals surface area contributed by atoms with E-state index in [1.54, 1.807) is 7.11 Å². The molecule has 1 aromatic heterocycles. The van der Waals surface area contributed by atoms with E-state index >= 15 is 0 Å². The van der Waals surface area contributed by atoms with E-state index in [4.69, 9.17) is 14.5 Å². The molecule has 0 aliphatic carbocycles. The van der Waals surface area contributed by atoms with Crippen molar-refractivity contribution in [2.45, 2.75) is 38.6 Å². The second-order valence-electron chi connectivity index (χ2n) is 9.03. The second-order valence-corrected chi connectivity index (χ2v) is 9.03. The van der Waals surface area contributed by atoms with Crippen LogP contribution in [0.4, 0.5) is 5.69 Å². The summed E-state index contributed by atoms with van der Waals surface area (Å²) in [5, 5.41) is 0. The predicted octanol–water partition coefficient (Wildman–Crippen LogP) is 5.73. The smallest absolute Gasteiger partial charge is 0.227 e. The number of fused-ring (bicyclic) bond motifs is 1. The zero-order valence-electron chi connectivity index (χ0n) is 20.3. The van der Waals surface area contributed by atoms with Crippen LogP contribution >= 0.6 is 0 Å². The molecule has 1 aliphatic rings. The summed E-state index contributed by atoms with van der Waals surface area (Å²) in [7, 11) is 1.64. The van der Waals surface area contributed by atoms with E-state index in [-0.39, 0.29) is 11.8 Å². The zero-order chi connectivity index (χ0) is 24.2. The lowest BCUT2D eigenvalue weighted by atomic mass is 10.1. The molecule has 0 radical (unpaired) electrons. The van der Waals surface area contributed by atoms with Gasteiger partial charge in [-0.25, -0.2) is 4.98 Å². The number of imidazole rings is 1. The minimum atomic E-state index is 0.0558. The molecule has 6 nitrogen and oxygen atoms in total. The highest BCUT2D eigenvalue weighted by molar-refractivity contribution is 5.96. The summed E-state index contributed by atoms with van der Waals surface area (Å²) in [5.41, 5.74) is 4.16. The highest BCUT2D eigenvalue weighted by atomic mass is 16.5. The Hall–Kier alpha value is -3.80. The first-order valence-corrected chi connectivity index (χ1v) is 12.2. The third-order valence-corrected chi connectivity index (χ3v) is 6.69. The number of rotatable bonds is 9. The minimum absolute atomic E-state index is 0.0558. The van der Waals surface area contributed by atoms with Crippen molar-refractivity contribution in [1.29, 1.82) is 0 Å². The fraction of sp³-hybridized carbons (Fsp3) is 0.310. The summed E-state index contributed by atoms with van der Waals surface area (Å²) in [6.45, 7) is 4.22. The standard InChI is InChI=1S/C29H31N3O3/c1-21-9-3-6-12-27(21)35-18-8-7-17-31-26-11-5-4-10-25(26)30-29(31)22-19-28(33)32(20-22)23-13-15-24(34-2)16-14-23/h3-6,9-16,22H,7-8,17-20H2,1-2H3. The molecule has 1 aliphatic heterocycles. The van der Waals surface area contributed by atoms with Crippen molar-refractivity contribution in [2.75, 3.05) is 25.2 Å². The number of para-hydroxylation sites is 3. The number of nitrogens with zero attached hydrogens (tertiary/aromatic N) is 3. The number of hydrogen-bond donors (Lipinski definition) is 0. The normalized spacial score (nSPS) is 15.7. The van der Waals surface area contributed by atoms with Gasteiger partial charge >= 0.3 is 0 Å². The van der Waals surface area contributed by atoms with Gasteiger partial charge in [0, 0.05) is 31.1 Å². The summed E-state index contributed by atoms with van der Waals surface area (Å²) in [5.74, 6) is 2.91. The maximum absolute atomic E-state index is 12.9. The molecule has 1 saturated heterocycles. The van der Waals surface area contributed by atoms with E-state index in [0.717, 1.165) is 59.0 Å². The quantitative estimate of drug-likeness (QED) is 0.294. The molecule has 35 heavy (non-hydrogen) atoms. The monoisotopic (exact) mass is 469 g/mol. The average Bonchev–Trinajstić information content (AvgIpc) is 3.45. The van der Waals surface area contributed by atoms with E-state index in [1.165, 1.54) is 0 Å². The van der Waals surface area contributed by atoms with Gasteiger partial charge in [0.1, 0.15) is 17.3 Å². The SMILES string of the molecule is COc1ccc(N2CC(c3nc4ccccc4n3CCCCOc3ccccc3C)CC2=O)cc1. The molecule has 180 valence electrons. The molecule has 2 heterocycles. The summed E-state index contributed by atoms with van der Waals surface area (Å²) >= 11 is 0. The van der Waals surface area contributed by atoms with Gasteiger partial charge in [0.2, 0.25) is 5.91 Å². The number of carbonyl (C=O) groups excluding carboxylic acids is 1. The topological polar surface area (TPSA) is 56.6 Å². The fourth-order valence-corrected chi connectivity index (χ4v) is 4.81. The number of methoxy groups -OCH3 is 1. The van der Waals surface area contributed by atoms with Gasteiger partial charge in [0.05, 0.1) is 24.8 Å². The van der Waals surface area contributed by atoms with Gasteiger partial charge in [-0.2, -0.15) is 0 Å². The zero-order valence-corrected chi connectivity index (χ0v) is 20.3. The minimum Gasteiger partial charge on any atom is -0.497 e. The third kappa shape index (κ3) is 4.87. The Morgan fingerprint density at radius 1 is 0.971 bits per heavy atom. The fourth-order valence-electron chi connectivity index (χ4n) is 4.81. The van der Waals surface area contributed by atoms with E-state index in [9.17, 15) is 4.79 Å². The molecular weight excluding hydrogens is 438 g/mol. The summed E-state index contributed by atoms with van der Waals surface area (Å²) in [6.07, 6.45) is 2.38. The molecule has 1 unspecified atom stereocenters. The van der Waals surface area contributed by atoms with Crippen LogP contribution in [0.25, 0.3) is 11.0 Å². The molecule has 1 amide bonds. The maximum atomic E-state index is 12.9. The predicted molar refractivity (Wildman–Crippen MR) is 138 cm³/mol. The second kappa shape index (κ2) is 10.2. The van der Waals surface area contributed by atoms with Gasteiger partial charge in [0.15, 0.2) is 0 Å². The first kappa shape index (κ1) is 23.0. The number of carbonyl (C=O) groups is 1.